The van der Waals surface area contributed by atoms with Gasteiger partial charge in [-0.25, -0.2) is 8.78 Å². The Kier molecular flexibility index (Phi) is 3.68. The second kappa shape index (κ2) is 4.58. The molecule has 1 aromatic carbocycles. The molecular formula is C10H5F7O. The van der Waals surface area contributed by atoms with Crippen molar-refractivity contribution < 1.29 is 35.5 Å². The molecule has 0 saturated heterocycles. The zero-order chi connectivity index (χ0) is 14.1. The Labute approximate surface area is 96.2 Å². The summed E-state index contributed by atoms with van der Waals surface area (Å²) in [5.74, 6) is -10.7. The maximum atomic E-state index is 12.7. The smallest absolute Gasteiger partial charge is 0.292 e. The van der Waals surface area contributed by atoms with E-state index >= 15 is 0 Å². The molecule has 0 radical (unpaired) electrons. The minimum Gasteiger partial charge on any atom is -0.292 e. The van der Waals surface area contributed by atoms with Crippen LogP contribution in [-0.4, -0.2) is 17.9 Å². The molecular weight excluding hydrogens is 269 g/mol. The molecule has 0 aliphatic heterocycles. The van der Waals surface area contributed by atoms with Crippen molar-refractivity contribution in [3.05, 3.63) is 35.4 Å². The van der Waals surface area contributed by atoms with Gasteiger partial charge in [0.15, 0.2) is 11.6 Å². The molecule has 8 heteroatoms. The Morgan fingerprint density at radius 2 is 1.56 bits per heavy atom. The summed E-state index contributed by atoms with van der Waals surface area (Å²) < 4.78 is 85.7. The highest BCUT2D eigenvalue weighted by Gasteiger charge is 2.62. The number of halogens is 7. The standard InChI is InChI=1S/C10H5F7O/c11-6-2-1-5(3-7(6)12)4-8(18)9(13,14)10(15,16)17/h1-3H,4H2. The van der Waals surface area contributed by atoms with Gasteiger partial charge in [0.1, 0.15) is 0 Å². The van der Waals surface area contributed by atoms with Crippen molar-refractivity contribution in [1.82, 2.24) is 0 Å². The van der Waals surface area contributed by atoms with Gasteiger partial charge in [-0.3, -0.25) is 4.79 Å². The molecule has 0 spiro atoms. The van der Waals surface area contributed by atoms with Crippen LogP contribution in [0.2, 0.25) is 0 Å². The molecule has 0 aliphatic carbocycles. The van der Waals surface area contributed by atoms with E-state index in [4.69, 9.17) is 0 Å². The van der Waals surface area contributed by atoms with Crippen LogP contribution in [0.5, 0.6) is 0 Å². The molecule has 0 atom stereocenters. The van der Waals surface area contributed by atoms with E-state index in [0.29, 0.717) is 12.1 Å². The maximum Gasteiger partial charge on any atom is 0.461 e. The summed E-state index contributed by atoms with van der Waals surface area (Å²) in [6.07, 6.45) is -7.35. The van der Waals surface area contributed by atoms with Crippen molar-refractivity contribution >= 4 is 5.78 Å². The lowest BCUT2D eigenvalue weighted by Crippen LogP contribution is -2.44. The summed E-state index contributed by atoms with van der Waals surface area (Å²) in [6.45, 7) is 0. The van der Waals surface area contributed by atoms with Crippen molar-refractivity contribution in [3.8, 4) is 0 Å². The molecule has 0 saturated carbocycles. The van der Waals surface area contributed by atoms with Crippen molar-refractivity contribution in [2.45, 2.75) is 18.5 Å². The second-order valence-electron chi connectivity index (χ2n) is 3.42. The van der Waals surface area contributed by atoms with Crippen molar-refractivity contribution in [2.24, 2.45) is 0 Å². The average Bonchev–Trinajstić information content (AvgIpc) is 2.21. The first-order valence-corrected chi connectivity index (χ1v) is 4.47. The number of hydrogen-bond donors (Lipinski definition) is 0. The third-order valence-corrected chi connectivity index (χ3v) is 2.05. The van der Waals surface area contributed by atoms with E-state index in [1.54, 1.807) is 0 Å². The van der Waals surface area contributed by atoms with Gasteiger partial charge in [0.2, 0.25) is 5.78 Å². The van der Waals surface area contributed by atoms with Gasteiger partial charge in [0.05, 0.1) is 0 Å². The Hall–Kier alpha value is -1.60. The average molecular weight is 274 g/mol. The highest BCUT2D eigenvalue weighted by Crippen LogP contribution is 2.36. The molecule has 1 rings (SSSR count). The van der Waals surface area contributed by atoms with Gasteiger partial charge in [0, 0.05) is 6.42 Å². The molecule has 18 heavy (non-hydrogen) atoms. The lowest BCUT2D eigenvalue weighted by molar-refractivity contribution is -0.268. The van der Waals surface area contributed by atoms with Crippen molar-refractivity contribution in [2.75, 3.05) is 0 Å². The number of carbonyl (C=O) groups is 1. The molecule has 1 nitrogen and oxygen atoms in total. The van der Waals surface area contributed by atoms with E-state index in [1.165, 1.54) is 0 Å². The molecule has 0 N–H and O–H groups in total. The predicted molar refractivity (Wildman–Crippen MR) is 46.1 cm³/mol. The normalized spacial score (nSPS) is 12.6. The summed E-state index contributed by atoms with van der Waals surface area (Å²) in [4.78, 5) is 10.8. The van der Waals surface area contributed by atoms with Crippen LogP contribution >= 0.6 is 0 Å². The van der Waals surface area contributed by atoms with Crippen LogP contribution in [0.4, 0.5) is 30.7 Å². The van der Waals surface area contributed by atoms with Gasteiger partial charge in [-0.05, 0) is 17.7 Å². The topological polar surface area (TPSA) is 17.1 Å². The van der Waals surface area contributed by atoms with Crippen LogP contribution in [0.15, 0.2) is 18.2 Å². The number of benzene rings is 1. The second-order valence-corrected chi connectivity index (χ2v) is 3.42. The monoisotopic (exact) mass is 274 g/mol. The first-order valence-electron chi connectivity index (χ1n) is 4.47. The summed E-state index contributed by atoms with van der Waals surface area (Å²) >= 11 is 0. The fourth-order valence-electron chi connectivity index (χ4n) is 1.10. The number of carbonyl (C=O) groups excluding carboxylic acids is 1. The molecule has 0 aromatic heterocycles. The third kappa shape index (κ3) is 2.80. The number of Topliss-reactive ketones (excluding diaryl/α,β-unsaturated/α-hetero) is 1. The zero-order valence-corrected chi connectivity index (χ0v) is 8.49. The van der Waals surface area contributed by atoms with Crippen LogP contribution in [0.3, 0.4) is 0 Å². The molecule has 0 aliphatic rings. The van der Waals surface area contributed by atoms with Gasteiger partial charge >= 0.3 is 12.1 Å². The molecule has 1 aromatic rings. The van der Waals surface area contributed by atoms with Crippen LogP contribution < -0.4 is 0 Å². The molecule has 0 fully saturated rings. The Balaban J connectivity index is 2.91. The third-order valence-electron chi connectivity index (χ3n) is 2.05. The SMILES string of the molecule is O=C(Cc1ccc(F)c(F)c1)C(F)(F)C(F)(F)F. The summed E-state index contributed by atoms with van der Waals surface area (Å²) in [7, 11) is 0. The summed E-state index contributed by atoms with van der Waals surface area (Å²) in [5, 5.41) is 0. The molecule has 0 amide bonds. The van der Waals surface area contributed by atoms with E-state index in [0.717, 1.165) is 6.07 Å². The van der Waals surface area contributed by atoms with Crippen LogP contribution in [-0.2, 0) is 11.2 Å². The Bertz CT molecular complexity index is 464. The zero-order valence-electron chi connectivity index (χ0n) is 8.49. The highest BCUT2D eigenvalue weighted by atomic mass is 19.4. The van der Waals surface area contributed by atoms with E-state index in [-0.39, 0.29) is 0 Å². The Morgan fingerprint density at radius 1 is 1.00 bits per heavy atom. The molecule has 0 bridgehead atoms. The van der Waals surface area contributed by atoms with Gasteiger partial charge in [-0.2, -0.15) is 22.0 Å². The minimum atomic E-state index is -6.01. The fourth-order valence-corrected chi connectivity index (χ4v) is 1.10. The van der Waals surface area contributed by atoms with Crippen molar-refractivity contribution in [1.29, 1.82) is 0 Å². The first-order chi connectivity index (χ1) is 8.05. The number of hydrogen-bond acceptors (Lipinski definition) is 1. The first kappa shape index (κ1) is 14.5. The number of ketones is 1. The van der Waals surface area contributed by atoms with Gasteiger partial charge < -0.3 is 0 Å². The van der Waals surface area contributed by atoms with E-state index in [2.05, 4.69) is 0 Å². The molecule has 0 heterocycles. The van der Waals surface area contributed by atoms with Crippen LogP contribution in [0.1, 0.15) is 5.56 Å². The Morgan fingerprint density at radius 3 is 2.00 bits per heavy atom. The quantitative estimate of drug-likeness (QED) is 0.773. The predicted octanol–water partition coefficient (Wildman–Crippen LogP) is 3.27. The lowest BCUT2D eigenvalue weighted by atomic mass is 10.0. The van der Waals surface area contributed by atoms with E-state index < -0.39 is 41.5 Å². The fraction of sp³-hybridized carbons (Fsp3) is 0.300. The van der Waals surface area contributed by atoms with Gasteiger partial charge in [-0.1, -0.05) is 6.07 Å². The van der Waals surface area contributed by atoms with Crippen LogP contribution in [0.25, 0.3) is 0 Å². The number of alkyl halides is 5. The minimum absolute atomic E-state index is 0.389. The summed E-state index contributed by atoms with van der Waals surface area (Å²) in [5.41, 5.74) is -0.470. The van der Waals surface area contributed by atoms with Crippen molar-refractivity contribution in [3.63, 3.8) is 0 Å². The van der Waals surface area contributed by atoms with E-state index in [1.807, 2.05) is 0 Å². The highest BCUT2D eigenvalue weighted by molar-refractivity contribution is 5.88. The molecule has 100 valence electrons. The summed E-state index contributed by atoms with van der Waals surface area (Å²) in [6, 6.07) is 1.67. The van der Waals surface area contributed by atoms with Gasteiger partial charge in [-0.15, -0.1) is 0 Å². The number of rotatable bonds is 3. The van der Waals surface area contributed by atoms with Gasteiger partial charge in [0.25, 0.3) is 0 Å². The molecule has 0 unspecified atom stereocenters. The lowest BCUT2D eigenvalue weighted by Gasteiger charge is -2.17. The van der Waals surface area contributed by atoms with Crippen LogP contribution in [0, 0.1) is 11.6 Å². The van der Waals surface area contributed by atoms with E-state index in [9.17, 15) is 35.5 Å². The largest absolute Gasteiger partial charge is 0.461 e. The maximum absolute atomic E-state index is 12.7.